The number of nitrogens with zero attached hydrogens (tertiary/aromatic N) is 2. The van der Waals surface area contributed by atoms with E-state index in [0.717, 1.165) is 12.1 Å². The molecular weight excluding hydrogens is 522 g/mol. The molecule has 0 saturated heterocycles. The number of hydrogen-bond donors (Lipinski definition) is 0. The van der Waals surface area contributed by atoms with Crippen molar-refractivity contribution >= 4 is 0 Å². The fourth-order valence-electron chi connectivity index (χ4n) is 1.81. The summed E-state index contributed by atoms with van der Waals surface area (Å²) >= 11 is 0. The van der Waals surface area contributed by atoms with E-state index in [4.69, 9.17) is 0 Å². The first kappa shape index (κ1) is 22.3. The number of halogens is 2. The van der Waals surface area contributed by atoms with Gasteiger partial charge < -0.3 is 4.98 Å². The Bertz CT molecular complexity index is 776. The Hall–Kier alpha value is -2.75. The number of hydrogen-bond acceptors (Lipinski definition) is 2. The molecule has 27 heavy (non-hydrogen) atoms. The van der Waals surface area contributed by atoms with Gasteiger partial charge in [-0.25, -0.2) is 0 Å². The van der Waals surface area contributed by atoms with Crippen LogP contribution in [0.15, 0.2) is 97.5 Å². The van der Waals surface area contributed by atoms with Crippen molar-refractivity contribution in [3.63, 3.8) is 0 Å². The molecule has 0 saturated carbocycles. The third kappa shape index (κ3) is 8.95. The van der Waals surface area contributed by atoms with E-state index in [0.29, 0.717) is 5.69 Å². The van der Waals surface area contributed by atoms with Gasteiger partial charge in [-0.3, -0.25) is 13.8 Å². The second kappa shape index (κ2) is 13.5. The fourth-order valence-corrected chi connectivity index (χ4v) is 1.81. The van der Waals surface area contributed by atoms with Crippen molar-refractivity contribution in [2.45, 2.75) is 0 Å². The van der Waals surface area contributed by atoms with E-state index in [2.05, 4.69) is 22.1 Å². The number of rotatable bonds is 1. The van der Waals surface area contributed by atoms with E-state index < -0.39 is 11.6 Å². The maximum Gasteiger partial charge on any atom is 0.0408 e. The molecule has 1 radical (unpaired) electrons. The Balaban J connectivity index is 0.000000233. The molecule has 0 atom stereocenters. The van der Waals surface area contributed by atoms with Crippen LogP contribution in [-0.4, -0.2) is 9.97 Å². The monoisotopic (exact) mass is 539 g/mol. The second-order valence-corrected chi connectivity index (χ2v) is 4.86. The largest absolute Gasteiger partial charge is 0.305 e. The molecule has 139 valence electrons. The Morgan fingerprint density at radius 1 is 0.778 bits per heavy atom. The van der Waals surface area contributed by atoms with Crippen LogP contribution >= 0.6 is 0 Å². The summed E-state index contributed by atoms with van der Waals surface area (Å²) in [5, 5.41) is 0. The van der Waals surface area contributed by atoms with Crippen LogP contribution in [0.3, 0.4) is 0 Å². The minimum atomic E-state index is -0.649. The molecule has 0 aliphatic carbocycles. The number of pyridine rings is 2. The summed E-state index contributed by atoms with van der Waals surface area (Å²) in [6.07, 6.45) is 5.05. The van der Waals surface area contributed by atoms with Gasteiger partial charge in [0, 0.05) is 50.3 Å². The van der Waals surface area contributed by atoms with Gasteiger partial charge in [0.1, 0.15) is 0 Å². The van der Waals surface area contributed by atoms with Crippen LogP contribution in [0.4, 0.5) is 8.78 Å². The zero-order valence-corrected chi connectivity index (χ0v) is 16.6. The van der Waals surface area contributed by atoms with Crippen molar-refractivity contribution in [2.75, 3.05) is 0 Å². The van der Waals surface area contributed by atoms with Crippen molar-refractivity contribution in [3.05, 3.63) is 121 Å². The molecule has 0 bridgehead atoms. The topological polar surface area (TPSA) is 25.8 Å². The summed E-state index contributed by atoms with van der Waals surface area (Å²) in [7, 11) is 0. The first-order valence-electron chi connectivity index (χ1n) is 7.81. The van der Waals surface area contributed by atoms with Gasteiger partial charge in [-0.15, -0.1) is 12.1 Å². The van der Waals surface area contributed by atoms with E-state index in [1.165, 1.54) is 0 Å². The first-order chi connectivity index (χ1) is 12.8. The van der Waals surface area contributed by atoms with Crippen LogP contribution in [0.1, 0.15) is 0 Å². The van der Waals surface area contributed by atoms with E-state index in [9.17, 15) is 8.78 Å². The molecule has 2 nitrogen and oxygen atoms in total. The predicted molar refractivity (Wildman–Crippen MR) is 97.9 cm³/mol. The van der Waals surface area contributed by atoms with Gasteiger partial charge in [0.25, 0.3) is 0 Å². The van der Waals surface area contributed by atoms with Gasteiger partial charge >= 0.3 is 0 Å². The van der Waals surface area contributed by atoms with Crippen LogP contribution in [-0.2, 0) is 20.1 Å². The zero-order chi connectivity index (χ0) is 18.5. The van der Waals surface area contributed by atoms with Crippen LogP contribution in [0.2, 0.25) is 0 Å². The van der Waals surface area contributed by atoms with Crippen molar-refractivity contribution in [1.29, 1.82) is 0 Å². The molecule has 4 aromatic rings. The maximum absolute atomic E-state index is 13.2. The van der Waals surface area contributed by atoms with Gasteiger partial charge in [0.15, 0.2) is 0 Å². The molecule has 0 unspecified atom stereocenters. The third-order valence-corrected chi connectivity index (χ3v) is 2.95. The molecule has 2 aromatic carbocycles. The van der Waals surface area contributed by atoms with Gasteiger partial charge in [-0.1, -0.05) is 29.8 Å². The molecule has 0 spiro atoms. The Morgan fingerprint density at radius 2 is 1.44 bits per heavy atom. The van der Waals surface area contributed by atoms with Crippen LogP contribution < -0.4 is 0 Å². The van der Waals surface area contributed by atoms with E-state index >= 15 is 0 Å². The summed E-state index contributed by atoms with van der Waals surface area (Å²) in [6.45, 7) is 0. The Kier molecular flexibility index (Phi) is 11.1. The maximum atomic E-state index is 13.2. The molecule has 5 heteroatoms. The third-order valence-electron chi connectivity index (χ3n) is 2.95. The summed E-state index contributed by atoms with van der Waals surface area (Å²) in [4.78, 5) is 7.73. The van der Waals surface area contributed by atoms with Crippen LogP contribution in [0.25, 0.3) is 11.3 Å². The van der Waals surface area contributed by atoms with E-state index in [1.54, 1.807) is 36.8 Å². The minimum Gasteiger partial charge on any atom is -0.305 e. The quantitative estimate of drug-likeness (QED) is 0.304. The van der Waals surface area contributed by atoms with Crippen LogP contribution in [0, 0.1) is 23.8 Å². The average Bonchev–Trinajstić information content (AvgIpc) is 2.72. The fraction of sp³-hybridized carbons (Fsp3) is 0. The normalized spacial score (nSPS) is 8.81. The Labute approximate surface area is 171 Å². The molecule has 4 rings (SSSR count). The van der Waals surface area contributed by atoms with Gasteiger partial charge in [0.05, 0.1) is 0 Å². The first-order valence-corrected chi connectivity index (χ1v) is 7.81. The van der Waals surface area contributed by atoms with Crippen molar-refractivity contribution < 1.29 is 28.9 Å². The molecule has 0 fully saturated rings. The van der Waals surface area contributed by atoms with Crippen LogP contribution in [0.5, 0.6) is 0 Å². The summed E-state index contributed by atoms with van der Waals surface area (Å²) in [6, 6.07) is 27.7. The molecule has 0 aliphatic heterocycles. The summed E-state index contributed by atoms with van der Waals surface area (Å²) in [5.41, 5.74) is 0.636. The summed E-state index contributed by atoms with van der Waals surface area (Å²) in [5.74, 6) is -1.29. The molecule has 0 amide bonds. The molecule has 2 heterocycles. The van der Waals surface area contributed by atoms with Crippen molar-refractivity contribution in [3.8, 4) is 11.3 Å². The van der Waals surface area contributed by atoms with Gasteiger partial charge in [-0.05, 0) is 23.9 Å². The van der Waals surface area contributed by atoms with E-state index in [1.807, 2.05) is 48.5 Å². The standard InChI is InChI=1S/C11H6F2N.C6H5.C5H5N.Ir/c12-8-4-5-9(10(13)7-8)11-3-1-2-6-14-11;2*1-2-4-6-5-3-1;/h1-4,6-7H;2*1-5H;/q2*-1;;. The molecule has 2 aromatic heterocycles. The van der Waals surface area contributed by atoms with E-state index in [-0.39, 0.29) is 25.7 Å². The zero-order valence-electron chi connectivity index (χ0n) is 14.2. The van der Waals surface area contributed by atoms with Crippen molar-refractivity contribution in [2.24, 2.45) is 0 Å². The number of benzene rings is 2. The minimum absolute atomic E-state index is 0. The smallest absolute Gasteiger partial charge is 0.0408 e. The average molecular weight is 539 g/mol. The van der Waals surface area contributed by atoms with Gasteiger partial charge in [0.2, 0.25) is 0 Å². The Morgan fingerprint density at radius 3 is 1.85 bits per heavy atom. The summed E-state index contributed by atoms with van der Waals surface area (Å²) < 4.78 is 25.8. The predicted octanol–water partition coefficient (Wildman–Crippen LogP) is 5.39. The molecular formula is C22H16F2IrN2-2. The van der Waals surface area contributed by atoms with Gasteiger partial charge in [-0.2, -0.15) is 36.4 Å². The SMILES string of the molecule is Fc1c[c-]c(-c2ccccn2)c(F)c1.[Ir].[c-]1ccccc1.c1ccncc1. The molecule has 0 aliphatic rings. The number of aromatic nitrogens is 2. The molecule has 0 N–H and O–H groups in total. The second-order valence-electron chi connectivity index (χ2n) is 4.86. The van der Waals surface area contributed by atoms with Crippen molar-refractivity contribution in [1.82, 2.24) is 9.97 Å².